The molecule has 1 fully saturated rings. The molecule has 1 heterocycles. The predicted molar refractivity (Wildman–Crippen MR) is 57.4 cm³/mol. The molecule has 0 aromatic rings. The Hall–Kier alpha value is 0.596. The molecule has 0 aromatic carbocycles. The summed E-state index contributed by atoms with van der Waals surface area (Å²) in [5, 5.41) is 0. The summed E-state index contributed by atoms with van der Waals surface area (Å²) in [5.41, 5.74) is 0. The fourth-order valence-electron chi connectivity index (χ4n) is 2.05. The van der Waals surface area contributed by atoms with Gasteiger partial charge in [0.2, 0.25) is 0 Å². The molecule has 1 nitrogen and oxygen atoms in total. The molecule has 0 aromatic heterocycles. The van der Waals surface area contributed by atoms with Crippen LogP contribution in [0, 0.1) is 5.92 Å². The average Bonchev–Trinajstić information content (AvgIpc) is 2.03. The second-order valence-corrected chi connectivity index (χ2v) is 10.5. The van der Waals surface area contributed by atoms with Gasteiger partial charge in [0.1, 0.15) is 0 Å². The molecule has 0 N–H and O–H groups in total. The summed E-state index contributed by atoms with van der Waals surface area (Å²) in [4.78, 5) is 2.61. The second kappa shape index (κ2) is 4.21. The van der Waals surface area contributed by atoms with E-state index in [0.29, 0.717) is 3.97 Å². The molecule has 1 atom stereocenters. The minimum atomic E-state index is 0.695. The van der Waals surface area contributed by atoms with Crippen LogP contribution in [-0.2, 0) is 0 Å². The van der Waals surface area contributed by atoms with Gasteiger partial charge in [-0.1, -0.05) is 0 Å². The van der Waals surface area contributed by atoms with Crippen LogP contribution in [0.1, 0.15) is 33.6 Å². The van der Waals surface area contributed by atoms with Crippen LogP contribution in [0.4, 0.5) is 0 Å². The van der Waals surface area contributed by atoms with E-state index < -0.39 is 0 Å². The summed E-state index contributed by atoms with van der Waals surface area (Å²) >= 11 is 0.974. The normalized spacial score (nSPS) is 27.4. The van der Waals surface area contributed by atoms with Crippen LogP contribution in [0.2, 0.25) is 3.97 Å². The van der Waals surface area contributed by atoms with E-state index in [2.05, 4.69) is 25.7 Å². The van der Waals surface area contributed by atoms with Crippen LogP contribution in [0.3, 0.4) is 0 Å². The molecule has 70 valence electrons. The molecular formula is C10H22GaN. The Morgan fingerprint density at radius 1 is 1.50 bits per heavy atom. The number of piperidine rings is 1. The van der Waals surface area contributed by atoms with Crippen molar-refractivity contribution in [2.75, 3.05) is 19.6 Å². The van der Waals surface area contributed by atoms with Crippen molar-refractivity contribution in [1.82, 2.24) is 4.90 Å². The first kappa shape index (κ1) is 10.7. The molecule has 2 heteroatoms. The first-order valence-corrected chi connectivity index (χ1v) is 7.36. The first-order chi connectivity index (χ1) is 5.54. The van der Waals surface area contributed by atoms with Crippen molar-refractivity contribution in [2.45, 2.75) is 37.6 Å². The number of likely N-dealkylation sites (tertiary alicyclic amines) is 1. The molecule has 1 aliphatic heterocycles. The average molecular weight is 226 g/mol. The molecular weight excluding hydrogens is 204 g/mol. The molecule has 1 aliphatic rings. The van der Waals surface area contributed by atoms with Gasteiger partial charge in [0.15, 0.2) is 0 Å². The quantitative estimate of drug-likeness (QED) is 0.645. The summed E-state index contributed by atoms with van der Waals surface area (Å²) in [6.45, 7) is 11.2. The molecule has 1 unspecified atom stereocenters. The topological polar surface area (TPSA) is 3.24 Å². The van der Waals surface area contributed by atoms with Crippen molar-refractivity contribution < 1.29 is 0 Å². The van der Waals surface area contributed by atoms with Crippen LogP contribution in [0.15, 0.2) is 0 Å². The molecule has 0 saturated carbocycles. The van der Waals surface area contributed by atoms with Crippen LogP contribution in [0.5, 0.6) is 0 Å². The van der Waals surface area contributed by atoms with E-state index in [9.17, 15) is 0 Å². The molecule has 0 spiro atoms. The molecule has 1 rings (SSSR count). The van der Waals surface area contributed by atoms with Crippen LogP contribution in [-0.4, -0.2) is 43.1 Å². The number of rotatable bonds is 2. The summed E-state index contributed by atoms with van der Waals surface area (Å²) in [6.07, 6.45) is 2.91. The van der Waals surface area contributed by atoms with E-state index >= 15 is 0 Å². The third-order valence-electron chi connectivity index (χ3n) is 3.18. The Morgan fingerprint density at radius 3 is 2.67 bits per heavy atom. The van der Waals surface area contributed by atoms with E-state index in [-0.39, 0.29) is 0 Å². The summed E-state index contributed by atoms with van der Waals surface area (Å²) in [5.74, 6) is 0.992. The van der Waals surface area contributed by atoms with Gasteiger partial charge < -0.3 is 0 Å². The van der Waals surface area contributed by atoms with E-state index in [4.69, 9.17) is 0 Å². The van der Waals surface area contributed by atoms with Crippen molar-refractivity contribution in [3.8, 4) is 0 Å². The van der Waals surface area contributed by atoms with E-state index in [1.807, 2.05) is 0 Å². The van der Waals surface area contributed by atoms with Gasteiger partial charge in [-0.25, -0.2) is 0 Å². The molecule has 12 heavy (non-hydrogen) atoms. The van der Waals surface area contributed by atoms with Gasteiger partial charge in [-0.15, -0.1) is 0 Å². The van der Waals surface area contributed by atoms with Gasteiger partial charge in [0.25, 0.3) is 0 Å². The van der Waals surface area contributed by atoms with Gasteiger partial charge in [-0.2, -0.15) is 0 Å². The Kier molecular flexibility index (Phi) is 3.74. The Morgan fingerprint density at radius 2 is 2.17 bits per heavy atom. The molecule has 0 bridgehead atoms. The zero-order valence-corrected chi connectivity index (χ0v) is 13.3. The standard InChI is InChI=1S/C10H20N.Ga.2H/c1-4-11-7-5-6-10(8-11)9(2)3;;;/h10H,4-8H2,1-3H3;;;. The number of hydrogen-bond donors (Lipinski definition) is 0. The zero-order valence-electron chi connectivity index (χ0n) is 9.06. The monoisotopic (exact) mass is 225 g/mol. The summed E-state index contributed by atoms with van der Waals surface area (Å²) < 4.78 is 0.695. The van der Waals surface area contributed by atoms with Gasteiger partial charge in [-0.3, -0.25) is 0 Å². The summed E-state index contributed by atoms with van der Waals surface area (Å²) in [7, 11) is 0. The van der Waals surface area contributed by atoms with Crippen LogP contribution >= 0.6 is 0 Å². The number of hydrogen-bond acceptors (Lipinski definition) is 1. The van der Waals surface area contributed by atoms with E-state index in [1.54, 1.807) is 0 Å². The van der Waals surface area contributed by atoms with Gasteiger partial charge in [-0.05, 0) is 0 Å². The van der Waals surface area contributed by atoms with Gasteiger partial charge in [0, 0.05) is 0 Å². The van der Waals surface area contributed by atoms with E-state index in [1.165, 1.54) is 32.5 Å². The summed E-state index contributed by atoms with van der Waals surface area (Å²) in [6, 6.07) is 0. The maximum absolute atomic E-state index is 2.61. The predicted octanol–water partition coefficient (Wildman–Crippen LogP) is 1.55. The Bertz CT molecular complexity index is 139. The molecule has 1 saturated heterocycles. The van der Waals surface area contributed by atoms with Crippen molar-refractivity contribution >= 4 is 18.6 Å². The molecule has 0 amide bonds. The van der Waals surface area contributed by atoms with Crippen LogP contribution in [0.25, 0.3) is 0 Å². The maximum atomic E-state index is 2.61. The second-order valence-electron chi connectivity index (χ2n) is 5.10. The third-order valence-corrected chi connectivity index (χ3v) is 4.89. The molecule has 0 aliphatic carbocycles. The van der Waals surface area contributed by atoms with Crippen molar-refractivity contribution in [2.24, 2.45) is 5.92 Å². The third kappa shape index (κ3) is 2.82. The van der Waals surface area contributed by atoms with Gasteiger partial charge in [0.05, 0.1) is 0 Å². The number of nitrogens with zero attached hydrogens (tertiary/aromatic N) is 1. The minimum absolute atomic E-state index is 0.695. The Labute approximate surface area is 86.8 Å². The van der Waals surface area contributed by atoms with Gasteiger partial charge >= 0.3 is 86.6 Å². The Balaban J connectivity index is 2.46. The molecule has 0 radical (unpaired) electrons. The van der Waals surface area contributed by atoms with Crippen molar-refractivity contribution in [1.29, 1.82) is 0 Å². The van der Waals surface area contributed by atoms with Crippen molar-refractivity contribution in [3.63, 3.8) is 0 Å². The first-order valence-electron chi connectivity index (χ1n) is 5.26. The van der Waals surface area contributed by atoms with Crippen molar-refractivity contribution in [3.05, 3.63) is 0 Å². The fourth-order valence-corrected chi connectivity index (χ4v) is 3.04. The van der Waals surface area contributed by atoms with E-state index in [0.717, 1.165) is 24.5 Å². The zero-order chi connectivity index (χ0) is 9.19. The SMILES string of the molecule is CCN1CCCC([C](C)(C)[GaH2])C1. The van der Waals surface area contributed by atoms with Crippen LogP contribution < -0.4 is 0 Å². The fraction of sp³-hybridized carbons (Fsp3) is 1.00.